The number of ether oxygens (including phenoxy) is 1. The van der Waals surface area contributed by atoms with E-state index in [1.54, 1.807) is 19.4 Å². The fourth-order valence-corrected chi connectivity index (χ4v) is 1.14. The van der Waals surface area contributed by atoms with Gasteiger partial charge in [0.2, 0.25) is 5.58 Å². The van der Waals surface area contributed by atoms with Crippen LogP contribution in [0.1, 0.15) is 0 Å². The number of nitrogens with zero attached hydrogens (tertiary/aromatic N) is 1. The third kappa shape index (κ3) is 0.812. The summed E-state index contributed by atoms with van der Waals surface area (Å²) in [6.07, 6.45) is 1.62. The number of nitrogen functional groups attached to an aromatic ring is 1. The van der Waals surface area contributed by atoms with E-state index in [1.807, 2.05) is 6.07 Å². The molecular weight excluding hydrogens is 156 g/mol. The fraction of sp³-hybridized carbons (Fsp3) is 0.125. The average molecular weight is 164 g/mol. The van der Waals surface area contributed by atoms with Crippen molar-refractivity contribution >= 4 is 16.7 Å². The highest BCUT2D eigenvalue weighted by molar-refractivity contribution is 5.87. The first-order chi connectivity index (χ1) is 5.83. The first kappa shape index (κ1) is 6.97. The second-order valence-corrected chi connectivity index (χ2v) is 2.43. The third-order valence-electron chi connectivity index (χ3n) is 1.71. The van der Waals surface area contributed by atoms with Gasteiger partial charge >= 0.3 is 0 Å². The minimum absolute atomic E-state index is 0.546. The van der Waals surface area contributed by atoms with E-state index in [-0.39, 0.29) is 0 Å². The molecule has 62 valence electrons. The molecule has 1 aromatic carbocycles. The van der Waals surface area contributed by atoms with Crippen LogP contribution in [0.15, 0.2) is 22.9 Å². The van der Waals surface area contributed by atoms with Crippen molar-refractivity contribution in [2.45, 2.75) is 0 Å². The van der Waals surface area contributed by atoms with Crippen LogP contribution in [0, 0.1) is 0 Å². The van der Waals surface area contributed by atoms with Crippen molar-refractivity contribution in [1.82, 2.24) is 5.16 Å². The van der Waals surface area contributed by atoms with Crippen molar-refractivity contribution in [3.05, 3.63) is 18.3 Å². The zero-order chi connectivity index (χ0) is 8.55. The van der Waals surface area contributed by atoms with Crippen LogP contribution in [-0.4, -0.2) is 12.3 Å². The van der Waals surface area contributed by atoms with Crippen molar-refractivity contribution in [3.63, 3.8) is 0 Å². The minimum Gasteiger partial charge on any atom is -0.491 e. The van der Waals surface area contributed by atoms with Gasteiger partial charge in [-0.1, -0.05) is 5.16 Å². The smallest absolute Gasteiger partial charge is 0.210 e. The summed E-state index contributed by atoms with van der Waals surface area (Å²) in [5.74, 6) is 0.546. The molecule has 0 amide bonds. The van der Waals surface area contributed by atoms with Gasteiger partial charge < -0.3 is 15.0 Å². The van der Waals surface area contributed by atoms with Crippen LogP contribution in [-0.2, 0) is 0 Å². The van der Waals surface area contributed by atoms with Crippen molar-refractivity contribution in [3.8, 4) is 5.75 Å². The van der Waals surface area contributed by atoms with Crippen molar-refractivity contribution in [1.29, 1.82) is 0 Å². The van der Waals surface area contributed by atoms with E-state index < -0.39 is 0 Å². The highest BCUT2D eigenvalue weighted by Gasteiger charge is 2.08. The molecule has 4 nitrogen and oxygen atoms in total. The quantitative estimate of drug-likeness (QED) is 0.647. The van der Waals surface area contributed by atoms with Crippen molar-refractivity contribution in [2.75, 3.05) is 12.8 Å². The highest BCUT2D eigenvalue weighted by Crippen LogP contribution is 2.30. The zero-order valence-corrected chi connectivity index (χ0v) is 6.57. The van der Waals surface area contributed by atoms with Gasteiger partial charge in [0.1, 0.15) is 0 Å². The molecule has 0 aliphatic heterocycles. The van der Waals surface area contributed by atoms with E-state index in [9.17, 15) is 0 Å². The average Bonchev–Trinajstić information content (AvgIpc) is 2.52. The largest absolute Gasteiger partial charge is 0.491 e. The van der Waals surface area contributed by atoms with Crippen LogP contribution in [0.5, 0.6) is 5.75 Å². The van der Waals surface area contributed by atoms with Gasteiger partial charge in [-0.25, -0.2) is 0 Å². The Hall–Kier alpha value is -1.71. The summed E-state index contributed by atoms with van der Waals surface area (Å²) >= 11 is 0. The Morgan fingerprint density at radius 2 is 2.33 bits per heavy atom. The number of hydrogen-bond donors (Lipinski definition) is 1. The van der Waals surface area contributed by atoms with Gasteiger partial charge in [0.05, 0.1) is 19.0 Å². The van der Waals surface area contributed by atoms with Gasteiger partial charge in [-0.05, 0) is 12.1 Å². The maximum atomic E-state index is 5.64. The molecule has 0 aliphatic carbocycles. The number of rotatable bonds is 1. The summed E-state index contributed by atoms with van der Waals surface area (Å²) in [4.78, 5) is 0. The Balaban J connectivity index is 2.83. The van der Waals surface area contributed by atoms with E-state index in [4.69, 9.17) is 15.0 Å². The molecule has 1 heterocycles. The molecule has 12 heavy (non-hydrogen) atoms. The first-order valence-electron chi connectivity index (χ1n) is 3.50. The molecule has 0 spiro atoms. The molecule has 0 unspecified atom stereocenters. The standard InChI is InChI=1S/C8H8N2O2/c1-11-8-6(9)3-2-5-4-10-12-7(5)8/h2-4H,9H2,1H3. The number of benzene rings is 1. The Bertz CT molecular complexity index is 408. The summed E-state index contributed by atoms with van der Waals surface area (Å²) < 4.78 is 10.0. The topological polar surface area (TPSA) is 61.3 Å². The van der Waals surface area contributed by atoms with Crippen molar-refractivity contribution < 1.29 is 9.26 Å². The molecule has 2 N–H and O–H groups in total. The number of hydrogen-bond acceptors (Lipinski definition) is 4. The van der Waals surface area contributed by atoms with Crippen LogP contribution in [0.25, 0.3) is 11.0 Å². The van der Waals surface area contributed by atoms with Gasteiger partial charge in [0, 0.05) is 5.39 Å². The van der Waals surface area contributed by atoms with Crippen LogP contribution in [0.3, 0.4) is 0 Å². The molecule has 0 fully saturated rings. The molecule has 2 aromatic rings. The molecule has 0 bridgehead atoms. The van der Waals surface area contributed by atoms with Gasteiger partial charge in [-0.2, -0.15) is 0 Å². The van der Waals surface area contributed by atoms with Gasteiger partial charge in [-0.3, -0.25) is 0 Å². The van der Waals surface area contributed by atoms with E-state index >= 15 is 0 Å². The summed E-state index contributed by atoms with van der Waals surface area (Å²) in [5, 5.41) is 4.53. The molecule has 0 aliphatic rings. The summed E-state index contributed by atoms with van der Waals surface area (Å²) in [6.45, 7) is 0. The van der Waals surface area contributed by atoms with E-state index in [1.165, 1.54) is 0 Å². The Kier molecular flexibility index (Phi) is 1.40. The molecule has 2 rings (SSSR count). The Morgan fingerprint density at radius 3 is 3.08 bits per heavy atom. The van der Waals surface area contributed by atoms with Gasteiger partial charge in [0.15, 0.2) is 5.75 Å². The fourth-order valence-electron chi connectivity index (χ4n) is 1.14. The van der Waals surface area contributed by atoms with Crippen LogP contribution < -0.4 is 10.5 Å². The lowest BCUT2D eigenvalue weighted by Crippen LogP contribution is -1.91. The molecule has 0 atom stereocenters. The lowest BCUT2D eigenvalue weighted by Gasteiger charge is -2.02. The third-order valence-corrected chi connectivity index (χ3v) is 1.71. The second-order valence-electron chi connectivity index (χ2n) is 2.43. The van der Waals surface area contributed by atoms with Crippen molar-refractivity contribution in [2.24, 2.45) is 0 Å². The number of aromatic nitrogens is 1. The monoisotopic (exact) mass is 164 g/mol. The first-order valence-corrected chi connectivity index (χ1v) is 3.50. The van der Waals surface area contributed by atoms with E-state index in [0.29, 0.717) is 17.0 Å². The Morgan fingerprint density at radius 1 is 1.50 bits per heavy atom. The zero-order valence-electron chi connectivity index (χ0n) is 6.57. The summed E-state index contributed by atoms with van der Waals surface area (Å²) in [6, 6.07) is 3.60. The predicted octanol–water partition coefficient (Wildman–Crippen LogP) is 1.42. The SMILES string of the molecule is COc1c(N)ccc2cnoc12. The molecular formula is C8H8N2O2. The Labute approximate surface area is 68.9 Å². The number of anilines is 1. The number of methoxy groups -OCH3 is 1. The molecule has 0 saturated heterocycles. The molecule has 4 heteroatoms. The number of nitrogens with two attached hydrogens (primary N) is 1. The molecule has 0 radical (unpaired) electrons. The maximum Gasteiger partial charge on any atom is 0.210 e. The number of fused-ring (bicyclic) bond motifs is 1. The van der Waals surface area contributed by atoms with Crippen LogP contribution >= 0.6 is 0 Å². The predicted molar refractivity (Wildman–Crippen MR) is 45.0 cm³/mol. The minimum atomic E-state index is 0.546. The molecule has 1 aromatic heterocycles. The van der Waals surface area contributed by atoms with E-state index in [0.717, 1.165) is 5.39 Å². The van der Waals surface area contributed by atoms with E-state index in [2.05, 4.69) is 5.16 Å². The van der Waals surface area contributed by atoms with Gasteiger partial charge in [0.25, 0.3) is 0 Å². The highest BCUT2D eigenvalue weighted by atomic mass is 16.5. The lowest BCUT2D eigenvalue weighted by molar-refractivity contribution is 0.395. The molecule has 0 saturated carbocycles. The maximum absolute atomic E-state index is 5.64. The van der Waals surface area contributed by atoms with Crippen LogP contribution in [0.2, 0.25) is 0 Å². The van der Waals surface area contributed by atoms with Crippen LogP contribution in [0.4, 0.5) is 5.69 Å². The second kappa shape index (κ2) is 2.41. The summed E-state index contributed by atoms with van der Waals surface area (Å²) in [7, 11) is 1.55. The normalized spacial score (nSPS) is 10.4. The van der Waals surface area contributed by atoms with Gasteiger partial charge in [-0.15, -0.1) is 0 Å². The lowest BCUT2D eigenvalue weighted by atomic mass is 10.2. The summed E-state index contributed by atoms with van der Waals surface area (Å²) in [5.41, 5.74) is 6.80.